The minimum atomic E-state index is -3.11. The molecule has 0 aliphatic carbocycles. The van der Waals surface area contributed by atoms with Gasteiger partial charge in [-0.15, -0.1) is 0 Å². The van der Waals surface area contributed by atoms with Gasteiger partial charge in [0.25, 0.3) is 0 Å². The number of anilines is 1. The zero-order valence-corrected chi connectivity index (χ0v) is 15.9. The average molecular weight is 384 g/mol. The van der Waals surface area contributed by atoms with Gasteiger partial charge in [0.2, 0.25) is 5.91 Å². The van der Waals surface area contributed by atoms with E-state index >= 15 is 0 Å². The van der Waals surface area contributed by atoms with Crippen molar-refractivity contribution < 1.29 is 22.7 Å². The summed E-state index contributed by atoms with van der Waals surface area (Å²) in [5.41, 5.74) is 0.654. The molecule has 3 rings (SSSR count). The fraction of sp³-hybridized carbons (Fsp3) is 0.500. The van der Waals surface area contributed by atoms with Crippen molar-refractivity contribution in [2.24, 2.45) is 4.99 Å². The molecule has 0 radical (unpaired) electrons. The van der Waals surface area contributed by atoms with Crippen LogP contribution < -0.4 is 14.4 Å². The first-order chi connectivity index (χ1) is 11.9. The van der Waals surface area contributed by atoms with Gasteiger partial charge in [-0.2, -0.15) is 4.99 Å². The Kier molecular flexibility index (Phi) is 4.97. The van der Waals surface area contributed by atoms with Crippen molar-refractivity contribution in [1.82, 2.24) is 0 Å². The first-order valence-electron chi connectivity index (χ1n) is 7.88. The number of thioether (sulfide) groups is 1. The molecule has 0 saturated carbocycles. The molecule has 2 atom stereocenters. The Morgan fingerprint density at radius 3 is 2.72 bits per heavy atom. The lowest BCUT2D eigenvalue weighted by atomic mass is 10.2. The highest BCUT2D eigenvalue weighted by atomic mass is 32.2. The van der Waals surface area contributed by atoms with Crippen LogP contribution in [0.4, 0.5) is 5.69 Å². The number of methoxy groups -OCH3 is 2. The van der Waals surface area contributed by atoms with Crippen LogP contribution in [-0.4, -0.2) is 56.5 Å². The van der Waals surface area contributed by atoms with Gasteiger partial charge in [0.15, 0.2) is 15.0 Å². The predicted molar refractivity (Wildman–Crippen MR) is 98.6 cm³/mol. The average Bonchev–Trinajstić information content (AvgIpc) is 3.04. The zero-order valence-electron chi connectivity index (χ0n) is 14.3. The molecule has 2 saturated heterocycles. The molecule has 136 valence electrons. The Bertz CT molecular complexity index is 822. The van der Waals surface area contributed by atoms with Crippen LogP contribution in [0.2, 0.25) is 0 Å². The van der Waals surface area contributed by atoms with E-state index in [0.29, 0.717) is 28.8 Å². The third-order valence-corrected chi connectivity index (χ3v) is 7.44. The van der Waals surface area contributed by atoms with Crippen LogP contribution in [0.1, 0.15) is 13.3 Å². The minimum absolute atomic E-state index is 0.0321. The number of ether oxygens (including phenoxy) is 2. The Labute approximate surface area is 151 Å². The molecule has 2 fully saturated rings. The van der Waals surface area contributed by atoms with Gasteiger partial charge >= 0.3 is 0 Å². The van der Waals surface area contributed by atoms with Gasteiger partial charge in [0.05, 0.1) is 37.5 Å². The molecule has 25 heavy (non-hydrogen) atoms. The third kappa shape index (κ3) is 3.48. The van der Waals surface area contributed by atoms with Gasteiger partial charge in [0, 0.05) is 17.7 Å². The summed E-state index contributed by atoms with van der Waals surface area (Å²) in [6.07, 6.45) is 0.292. The number of carbonyl (C=O) groups excluding carboxylic acids is 1. The van der Waals surface area contributed by atoms with E-state index in [9.17, 15) is 13.2 Å². The summed E-state index contributed by atoms with van der Waals surface area (Å²) < 4.78 is 34.9. The Balaban J connectivity index is 2.11. The van der Waals surface area contributed by atoms with Gasteiger partial charge in [-0.05, 0) is 12.1 Å². The van der Waals surface area contributed by atoms with E-state index in [2.05, 4.69) is 4.99 Å². The maximum absolute atomic E-state index is 12.1. The van der Waals surface area contributed by atoms with E-state index in [4.69, 9.17) is 9.47 Å². The monoisotopic (exact) mass is 384 g/mol. The van der Waals surface area contributed by atoms with Crippen LogP contribution in [0, 0.1) is 0 Å². The molecule has 2 aliphatic rings. The molecule has 0 aromatic heterocycles. The van der Waals surface area contributed by atoms with Gasteiger partial charge in [-0.3, -0.25) is 4.79 Å². The first kappa shape index (κ1) is 18.1. The number of carbonyl (C=O) groups is 1. The zero-order chi connectivity index (χ0) is 18.2. The predicted octanol–water partition coefficient (Wildman–Crippen LogP) is 1.72. The maximum Gasteiger partial charge on any atom is 0.247 e. The smallest absolute Gasteiger partial charge is 0.247 e. The van der Waals surface area contributed by atoms with Crippen molar-refractivity contribution in [3.63, 3.8) is 0 Å². The molecule has 7 nitrogen and oxygen atoms in total. The van der Waals surface area contributed by atoms with E-state index in [-0.39, 0.29) is 28.7 Å². The number of aliphatic imine (C=N–C) groups is 1. The molecule has 0 bridgehead atoms. The van der Waals surface area contributed by atoms with Crippen molar-refractivity contribution >= 4 is 38.4 Å². The lowest BCUT2D eigenvalue weighted by Gasteiger charge is -2.26. The van der Waals surface area contributed by atoms with Crippen molar-refractivity contribution in [1.29, 1.82) is 0 Å². The molecule has 1 amide bonds. The molecular weight excluding hydrogens is 364 g/mol. The second kappa shape index (κ2) is 6.87. The van der Waals surface area contributed by atoms with E-state index in [1.54, 1.807) is 39.3 Å². The van der Waals surface area contributed by atoms with Crippen LogP contribution in [0.5, 0.6) is 11.5 Å². The Morgan fingerprint density at radius 1 is 1.32 bits per heavy atom. The van der Waals surface area contributed by atoms with Crippen LogP contribution in [0.3, 0.4) is 0 Å². The summed E-state index contributed by atoms with van der Waals surface area (Å²) in [7, 11) is -0.00830. The number of fused-ring (bicyclic) bond motifs is 1. The molecule has 1 aromatic rings. The van der Waals surface area contributed by atoms with Crippen molar-refractivity contribution in [3.8, 4) is 11.5 Å². The number of amides is 1. The molecule has 2 aliphatic heterocycles. The number of rotatable bonds is 4. The van der Waals surface area contributed by atoms with Crippen LogP contribution >= 0.6 is 11.8 Å². The molecule has 0 unspecified atom stereocenters. The summed E-state index contributed by atoms with van der Waals surface area (Å²) in [5, 5.41) is 0.368. The first-order valence-corrected chi connectivity index (χ1v) is 10.6. The Morgan fingerprint density at radius 2 is 2.08 bits per heavy atom. The fourth-order valence-corrected chi connectivity index (χ4v) is 6.94. The third-order valence-electron chi connectivity index (χ3n) is 4.23. The number of hydrogen-bond donors (Lipinski definition) is 0. The van der Waals surface area contributed by atoms with Crippen molar-refractivity contribution in [2.75, 3.05) is 30.6 Å². The van der Waals surface area contributed by atoms with Crippen LogP contribution in [0.15, 0.2) is 23.2 Å². The highest BCUT2D eigenvalue weighted by Gasteiger charge is 2.50. The quantitative estimate of drug-likeness (QED) is 0.781. The van der Waals surface area contributed by atoms with Gasteiger partial charge in [-0.1, -0.05) is 18.7 Å². The standard InChI is InChI=1S/C16H20N2O5S2/c1-4-15(19)17-16-18(12-8-25(20,21)9-14(12)24-16)11-7-10(22-2)5-6-13(11)23-3/h5-7,12,14H,4,8-9H2,1-3H3/t12-,14+/m1/s1. The van der Waals surface area contributed by atoms with Gasteiger partial charge in [0.1, 0.15) is 11.5 Å². The second-order valence-electron chi connectivity index (χ2n) is 5.85. The molecule has 0 spiro atoms. The molecular formula is C16H20N2O5S2. The lowest BCUT2D eigenvalue weighted by molar-refractivity contribution is -0.117. The molecule has 0 N–H and O–H groups in total. The summed E-state index contributed by atoms with van der Waals surface area (Å²) >= 11 is 1.34. The molecule has 9 heteroatoms. The number of sulfone groups is 1. The highest BCUT2D eigenvalue weighted by Crippen LogP contribution is 2.44. The summed E-state index contributed by atoms with van der Waals surface area (Å²) in [5.74, 6) is 1.07. The SMILES string of the molecule is CCC(=O)N=C1S[C@H]2CS(=O)(=O)C[C@H]2N1c1cc(OC)ccc1OC. The van der Waals surface area contributed by atoms with E-state index in [1.807, 2.05) is 4.90 Å². The van der Waals surface area contributed by atoms with Crippen LogP contribution in [0.25, 0.3) is 0 Å². The summed E-state index contributed by atoms with van der Waals surface area (Å²) in [4.78, 5) is 17.9. The fourth-order valence-electron chi connectivity index (χ4n) is 3.02. The number of nitrogens with zero attached hydrogens (tertiary/aromatic N) is 2. The van der Waals surface area contributed by atoms with Gasteiger partial charge in [-0.25, -0.2) is 8.42 Å². The van der Waals surface area contributed by atoms with Gasteiger partial charge < -0.3 is 14.4 Å². The largest absolute Gasteiger partial charge is 0.497 e. The normalized spacial score (nSPS) is 25.9. The van der Waals surface area contributed by atoms with Crippen LogP contribution in [-0.2, 0) is 14.6 Å². The number of hydrogen-bond acceptors (Lipinski definition) is 6. The topological polar surface area (TPSA) is 85.3 Å². The summed E-state index contributed by atoms with van der Waals surface area (Å²) in [6.45, 7) is 1.74. The highest BCUT2D eigenvalue weighted by molar-refractivity contribution is 8.16. The minimum Gasteiger partial charge on any atom is -0.497 e. The second-order valence-corrected chi connectivity index (χ2v) is 9.21. The van der Waals surface area contributed by atoms with E-state index < -0.39 is 9.84 Å². The summed E-state index contributed by atoms with van der Waals surface area (Å²) in [6, 6.07) is 5.02. The molecule has 1 aromatic carbocycles. The van der Waals surface area contributed by atoms with Crippen molar-refractivity contribution in [3.05, 3.63) is 18.2 Å². The van der Waals surface area contributed by atoms with Crippen molar-refractivity contribution in [2.45, 2.75) is 24.6 Å². The number of benzene rings is 1. The lowest BCUT2D eigenvalue weighted by Crippen LogP contribution is -2.38. The number of amidine groups is 1. The Hall–Kier alpha value is -1.74. The van der Waals surface area contributed by atoms with E-state index in [1.165, 1.54) is 11.8 Å². The molecule has 2 heterocycles. The van der Waals surface area contributed by atoms with E-state index in [0.717, 1.165) is 0 Å². The maximum atomic E-state index is 12.1.